The van der Waals surface area contributed by atoms with Crippen LogP contribution < -0.4 is 14.8 Å². The molecule has 0 aliphatic carbocycles. The summed E-state index contributed by atoms with van der Waals surface area (Å²) in [6.07, 6.45) is 1.87. The molecule has 0 atom stereocenters. The van der Waals surface area contributed by atoms with E-state index in [0.717, 1.165) is 5.56 Å². The number of ether oxygens (including phenoxy) is 2. The summed E-state index contributed by atoms with van der Waals surface area (Å²) in [6.45, 7) is 4.57. The first-order valence-electron chi connectivity index (χ1n) is 9.96. The number of hydrogen-bond acceptors (Lipinski definition) is 5. The topological polar surface area (TPSA) is 88.2 Å². The largest absolute Gasteiger partial charge is 0.493 e. The molecule has 2 saturated heterocycles. The summed E-state index contributed by atoms with van der Waals surface area (Å²) in [5.41, 5.74) is 0.136. The van der Waals surface area contributed by atoms with Crippen LogP contribution in [0.2, 0.25) is 0 Å². The quantitative estimate of drug-likeness (QED) is 0.734. The highest BCUT2D eigenvalue weighted by Gasteiger charge is 2.53. The zero-order chi connectivity index (χ0) is 21.2. The van der Waals surface area contributed by atoms with Crippen molar-refractivity contribution in [2.24, 2.45) is 0 Å². The van der Waals surface area contributed by atoms with Gasteiger partial charge in [-0.05, 0) is 50.8 Å². The van der Waals surface area contributed by atoms with E-state index in [2.05, 4.69) is 5.32 Å². The molecule has 0 unspecified atom stereocenters. The van der Waals surface area contributed by atoms with Crippen molar-refractivity contribution >= 4 is 17.8 Å². The zero-order valence-electron chi connectivity index (χ0n) is 17.5. The second-order valence-corrected chi connectivity index (χ2v) is 7.85. The van der Waals surface area contributed by atoms with Gasteiger partial charge in [-0.2, -0.15) is 0 Å². The number of piperidine rings is 1. The molecule has 0 saturated carbocycles. The monoisotopic (exact) mass is 403 g/mol. The van der Waals surface area contributed by atoms with Crippen molar-refractivity contribution in [1.29, 1.82) is 0 Å². The number of nitrogens with one attached hydrogen (secondary N) is 1. The van der Waals surface area contributed by atoms with E-state index in [1.807, 2.05) is 32.0 Å². The van der Waals surface area contributed by atoms with Crippen LogP contribution in [0.25, 0.3) is 0 Å². The first kappa shape index (κ1) is 21.0. The van der Waals surface area contributed by atoms with E-state index in [1.165, 1.54) is 4.90 Å². The second kappa shape index (κ2) is 8.31. The Bertz CT molecular complexity index is 800. The van der Waals surface area contributed by atoms with Gasteiger partial charge in [0.15, 0.2) is 11.5 Å². The molecule has 29 heavy (non-hydrogen) atoms. The number of likely N-dealkylation sites (tertiary alicyclic amines) is 1. The summed E-state index contributed by atoms with van der Waals surface area (Å²) in [5, 5.41) is 2.86. The van der Waals surface area contributed by atoms with Crippen molar-refractivity contribution in [1.82, 2.24) is 15.1 Å². The maximum absolute atomic E-state index is 12.8. The molecular weight excluding hydrogens is 374 g/mol. The van der Waals surface area contributed by atoms with Crippen LogP contribution in [0, 0.1) is 0 Å². The third-order valence-electron chi connectivity index (χ3n) is 5.75. The first-order chi connectivity index (χ1) is 13.8. The highest BCUT2D eigenvalue weighted by Crippen LogP contribution is 2.31. The Kier molecular flexibility index (Phi) is 6.00. The predicted molar refractivity (Wildman–Crippen MR) is 107 cm³/mol. The summed E-state index contributed by atoms with van der Waals surface area (Å²) in [4.78, 5) is 40.6. The standard InChI is InChI=1S/C21H29N3O5/c1-14(2)24-19(26)21(22-20(24)27)9-11-23(12-10-21)18(25)8-6-15-5-7-16(28-3)17(13-15)29-4/h5,7,13-14H,6,8-12H2,1-4H3,(H,22,27). The van der Waals surface area contributed by atoms with Gasteiger partial charge in [0.05, 0.1) is 14.2 Å². The molecule has 2 aliphatic heterocycles. The van der Waals surface area contributed by atoms with E-state index < -0.39 is 5.54 Å². The number of rotatable bonds is 6. The van der Waals surface area contributed by atoms with E-state index >= 15 is 0 Å². The lowest BCUT2D eigenvalue weighted by Gasteiger charge is -2.37. The molecule has 1 aromatic carbocycles. The molecule has 0 bridgehead atoms. The SMILES string of the molecule is COc1ccc(CCC(=O)N2CCC3(CC2)NC(=O)N(C(C)C)C3=O)cc1OC. The van der Waals surface area contributed by atoms with Gasteiger partial charge >= 0.3 is 6.03 Å². The number of hydrogen-bond donors (Lipinski definition) is 1. The molecule has 3 rings (SSSR count). The molecule has 158 valence electrons. The lowest BCUT2D eigenvalue weighted by Crippen LogP contribution is -2.56. The van der Waals surface area contributed by atoms with E-state index in [0.29, 0.717) is 50.3 Å². The van der Waals surface area contributed by atoms with Gasteiger partial charge in [0.2, 0.25) is 5.91 Å². The Labute approximate surface area is 171 Å². The number of aryl methyl sites for hydroxylation is 1. The fraction of sp³-hybridized carbons (Fsp3) is 0.571. The van der Waals surface area contributed by atoms with Crippen molar-refractivity contribution in [3.8, 4) is 11.5 Å². The van der Waals surface area contributed by atoms with E-state index in [-0.39, 0.29) is 23.9 Å². The summed E-state index contributed by atoms with van der Waals surface area (Å²) >= 11 is 0. The van der Waals surface area contributed by atoms with Crippen LogP contribution in [0.15, 0.2) is 18.2 Å². The Morgan fingerprint density at radius 3 is 2.34 bits per heavy atom. The van der Waals surface area contributed by atoms with Crippen molar-refractivity contribution in [3.63, 3.8) is 0 Å². The normalized spacial score (nSPS) is 18.4. The first-order valence-corrected chi connectivity index (χ1v) is 9.96. The van der Waals surface area contributed by atoms with Gasteiger partial charge < -0.3 is 19.7 Å². The van der Waals surface area contributed by atoms with Gasteiger partial charge in [-0.25, -0.2) is 4.79 Å². The number of carbonyl (C=O) groups is 3. The van der Waals surface area contributed by atoms with Crippen molar-refractivity contribution in [2.45, 2.75) is 51.1 Å². The van der Waals surface area contributed by atoms with Gasteiger partial charge in [-0.15, -0.1) is 0 Å². The summed E-state index contributed by atoms with van der Waals surface area (Å²) < 4.78 is 10.5. The van der Waals surface area contributed by atoms with Crippen molar-refractivity contribution in [3.05, 3.63) is 23.8 Å². The summed E-state index contributed by atoms with van der Waals surface area (Å²) in [7, 11) is 3.17. The van der Waals surface area contributed by atoms with Crippen LogP contribution in [0.4, 0.5) is 4.79 Å². The minimum Gasteiger partial charge on any atom is -0.493 e. The van der Waals surface area contributed by atoms with Crippen molar-refractivity contribution in [2.75, 3.05) is 27.3 Å². The number of urea groups is 1. The average Bonchev–Trinajstić information content (AvgIpc) is 2.95. The Balaban J connectivity index is 1.56. The van der Waals surface area contributed by atoms with Crippen LogP contribution in [-0.4, -0.2) is 66.5 Å². The molecular formula is C21H29N3O5. The molecule has 1 aromatic rings. The lowest BCUT2D eigenvalue weighted by molar-refractivity contribution is -0.139. The minimum absolute atomic E-state index is 0.0483. The number of amides is 4. The Morgan fingerprint density at radius 1 is 1.14 bits per heavy atom. The molecule has 4 amide bonds. The maximum atomic E-state index is 12.8. The fourth-order valence-electron chi connectivity index (χ4n) is 4.03. The molecule has 2 aliphatic rings. The Morgan fingerprint density at radius 2 is 1.79 bits per heavy atom. The van der Waals surface area contributed by atoms with Crippen LogP contribution in [0.1, 0.15) is 38.7 Å². The van der Waals surface area contributed by atoms with Gasteiger partial charge in [-0.1, -0.05) is 6.07 Å². The van der Waals surface area contributed by atoms with E-state index in [4.69, 9.17) is 9.47 Å². The van der Waals surface area contributed by atoms with Crippen LogP contribution >= 0.6 is 0 Å². The van der Waals surface area contributed by atoms with E-state index in [9.17, 15) is 14.4 Å². The molecule has 0 radical (unpaired) electrons. The third-order valence-corrected chi connectivity index (χ3v) is 5.75. The third kappa shape index (κ3) is 4.02. The Hall–Kier alpha value is -2.77. The number of imide groups is 1. The van der Waals surface area contributed by atoms with Gasteiger partial charge in [-0.3, -0.25) is 14.5 Å². The average molecular weight is 403 g/mol. The van der Waals surface area contributed by atoms with Gasteiger partial charge in [0.25, 0.3) is 5.91 Å². The predicted octanol–water partition coefficient (Wildman–Crippen LogP) is 1.96. The highest BCUT2D eigenvalue weighted by molar-refractivity contribution is 6.07. The minimum atomic E-state index is -0.860. The lowest BCUT2D eigenvalue weighted by atomic mass is 9.87. The summed E-state index contributed by atoms with van der Waals surface area (Å²) in [6, 6.07) is 5.12. The van der Waals surface area contributed by atoms with Crippen LogP contribution in [-0.2, 0) is 16.0 Å². The molecule has 2 heterocycles. The van der Waals surface area contributed by atoms with Crippen molar-refractivity contribution < 1.29 is 23.9 Å². The number of nitrogens with zero attached hydrogens (tertiary/aromatic N) is 2. The summed E-state index contributed by atoms with van der Waals surface area (Å²) in [5.74, 6) is 1.17. The smallest absolute Gasteiger partial charge is 0.325 e. The number of benzene rings is 1. The molecule has 1 spiro atoms. The molecule has 0 aromatic heterocycles. The zero-order valence-corrected chi connectivity index (χ0v) is 17.5. The van der Waals surface area contributed by atoms with E-state index in [1.54, 1.807) is 19.1 Å². The number of carbonyl (C=O) groups excluding carboxylic acids is 3. The molecule has 2 fully saturated rings. The maximum Gasteiger partial charge on any atom is 0.325 e. The van der Waals surface area contributed by atoms with Gasteiger partial charge in [0.1, 0.15) is 5.54 Å². The number of methoxy groups -OCH3 is 2. The second-order valence-electron chi connectivity index (χ2n) is 7.85. The van der Waals surface area contributed by atoms with Gasteiger partial charge in [0, 0.05) is 25.6 Å². The molecule has 8 nitrogen and oxygen atoms in total. The van der Waals surface area contributed by atoms with Crippen LogP contribution in [0.3, 0.4) is 0 Å². The molecule has 8 heteroatoms. The molecule has 1 N–H and O–H groups in total. The highest BCUT2D eigenvalue weighted by atomic mass is 16.5. The van der Waals surface area contributed by atoms with Crippen LogP contribution in [0.5, 0.6) is 11.5 Å². The fourth-order valence-corrected chi connectivity index (χ4v) is 4.03.